The van der Waals surface area contributed by atoms with Crippen LogP contribution in [0.2, 0.25) is 5.02 Å². The van der Waals surface area contributed by atoms with E-state index in [2.05, 4.69) is 5.32 Å². The lowest BCUT2D eigenvalue weighted by atomic mass is 10.1. The first-order chi connectivity index (χ1) is 9.67. The standard InChI is InChI=1S/C15H14ClNO3/c1-19-12-8-5-9-13(20-2)14(12)15(18)17-11-7-4-3-6-10(11)16/h3-9H,1-2H3,(H,17,18). The number of halogens is 1. The van der Waals surface area contributed by atoms with Crippen LogP contribution in [0, 0.1) is 0 Å². The first kappa shape index (κ1) is 14.2. The summed E-state index contributed by atoms with van der Waals surface area (Å²) in [7, 11) is 3.00. The summed E-state index contributed by atoms with van der Waals surface area (Å²) in [4.78, 5) is 12.4. The third kappa shape index (κ3) is 2.86. The van der Waals surface area contributed by atoms with E-state index < -0.39 is 0 Å². The maximum Gasteiger partial charge on any atom is 0.263 e. The Bertz CT molecular complexity index is 606. The molecule has 0 saturated carbocycles. The van der Waals surface area contributed by atoms with Crippen molar-refractivity contribution in [2.75, 3.05) is 19.5 Å². The van der Waals surface area contributed by atoms with Crippen molar-refractivity contribution in [3.8, 4) is 11.5 Å². The molecule has 0 aliphatic heterocycles. The molecule has 0 bridgehead atoms. The second-order valence-corrected chi connectivity index (χ2v) is 4.38. The molecule has 2 aromatic carbocycles. The molecule has 0 atom stereocenters. The summed E-state index contributed by atoms with van der Waals surface area (Å²) < 4.78 is 10.4. The normalized spacial score (nSPS) is 9.95. The van der Waals surface area contributed by atoms with E-state index in [1.807, 2.05) is 0 Å². The molecule has 0 aliphatic rings. The second-order valence-electron chi connectivity index (χ2n) is 3.97. The van der Waals surface area contributed by atoms with Gasteiger partial charge in [-0.3, -0.25) is 4.79 Å². The van der Waals surface area contributed by atoms with Gasteiger partial charge >= 0.3 is 0 Å². The van der Waals surface area contributed by atoms with E-state index in [0.29, 0.717) is 27.8 Å². The highest BCUT2D eigenvalue weighted by atomic mass is 35.5. The average Bonchev–Trinajstić information content (AvgIpc) is 2.48. The SMILES string of the molecule is COc1cccc(OC)c1C(=O)Nc1ccccc1Cl. The van der Waals surface area contributed by atoms with Gasteiger partial charge in [0.15, 0.2) is 0 Å². The number of amides is 1. The topological polar surface area (TPSA) is 47.6 Å². The monoisotopic (exact) mass is 291 g/mol. The van der Waals surface area contributed by atoms with Gasteiger partial charge < -0.3 is 14.8 Å². The predicted octanol–water partition coefficient (Wildman–Crippen LogP) is 3.61. The summed E-state index contributed by atoms with van der Waals surface area (Å²) in [6.45, 7) is 0. The van der Waals surface area contributed by atoms with E-state index in [9.17, 15) is 4.79 Å². The average molecular weight is 292 g/mol. The van der Waals surface area contributed by atoms with Crippen molar-refractivity contribution in [3.63, 3.8) is 0 Å². The Kier molecular flexibility index (Phi) is 4.48. The van der Waals surface area contributed by atoms with Crippen LogP contribution in [0.1, 0.15) is 10.4 Å². The molecule has 104 valence electrons. The summed E-state index contributed by atoms with van der Waals surface area (Å²) in [5.41, 5.74) is 0.865. The number of ether oxygens (including phenoxy) is 2. The van der Waals surface area contributed by atoms with E-state index in [4.69, 9.17) is 21.1 Å². The highest BCUT2D eigenvalue weighted by Gasteiger charge is 2.18. The molecule has 1 amide bonds. The van der Waals surface area contributed by atoms with E-state index >= 15 is 0 Å². The number of carbonyl (C=O) groups is 1. The summed E-state index contributed by atoms with van der Waals surface area (Å²) >= 11 is 6.03. The van der Waals surface area contributed by atoms with Gasteiger partial charge in [0.2, 0.25) is 0 Å². The number of methoxy groups -OCH3 is 2. The first-order valence-electron chi connectivity index (χ1n) is 5.94. The van der Waals surface area contributed by atoms with Crippen molar-refractivity contribution in [3.05, 3.63) is 53.1 Å². The van der Waals surface area contributed by atoms with Crippen LogP contribution in [-0.4, -0.2) is 20.1 Å². The molecule has 0 aromatic heterocycles. The van der Waals surface area contributed by atoms with Crippen molar-refractivity contribution < 1.29 is 14.3 Å². The Morgan fingerprint density at radius 2 is 1.60 bits per heavy atom. The van der Waals surface area contributed by atoms with Crippen LogP contribution in [0.15, 0.2) is 42.5 Å². The number of nitrogens with one attached hydrogen (secondary N) is 1. The molecule has 0 radical (unpaired) electrons. The van der Waals surface area contributed by atoms with E-state index in [-0.39, 0.29) is 5.91 Å². The lowest BCUT2D eigenvalue weighted by Gasteiger charge is -2.13. The highest BCUT2D eigenvalue weighted by molar-refractivity contribution is 6.34. The third-order valence-electron chi connectivity index (χ3n) is 2.78. The van der Waals surface area contributed by atoms with E-state index in [1.165, 1.54) is 14.2 Å². The van der Waals surface area contributed by atoms with E-state index in [0.717, 1.165) is 0 Å². The zero-order chi connectivity index (χ0) is 14.5. The van der Waals surface area contributed by atoms with Crippen molar-refractivity contribution >= 4 is 23.2 Å². The molecular formula is C15H14ClNO3. The van der Waals surface area contributed by atoms with Gasteiger partial charge in [0.1, 0.15) is 17.1 Å². The number of anilines is 1. The van der Waals surface area contributed by atoms with Crippen LogP contribution in [0.3, 0.4) is 0 Å². The van der Waals surface area contributed by atoms with Gasteiger partial charge in [-0.1, -0.05) is 29.8 Å². The Morgan fingerprint density at radius 1 is 1.00 bits per heavy atom. The first-order valence-corrected chi connectivity index (χ1v) is 6.32. The fourth-order valence-electron chi connectivity index (χ4n) is 1.82. The maximum atomic E-state index is 12.4. The summed E-state index contributed by atoms with van der Waals surface area (Å²) in [6, 6.07) is 12.2. The molecule has 20 heavy (non-hydrogen) atoms. The number of hydrogen-bond acceptors (Lipinski definition) is 3. The molecule has 2 aromatic rings. The second kappa shape index (κ2) is 6.30. The summed E-state index contributed by atoms with van der Waals surface area (Å²) in [6.07, 6.45) is 0. The fraction of sp³-hybridized carbons (Fsp3) is 0.133. The molecule has 0 heterocycles. The van der Waals surface area contributed by atoms with Gasteiger partial charge in [-0.25, -0.2) is 0 Å². The lowest BCUT2D eigenvalue weighted by Crippen LogP contribution is -2.14. The highest BCUT2D eigenvalue weighted by Crippen LogP contribution is 2.30. The Balaban J connectivity index is 2.36. The minimum atomic E-state index is -0.340. The Hall–Kier alpha value is -2.20. The molecule has 2 rings (SSSR count). The Morgan fingerprint density at radius 3 is 2.15 bits per heavy atom. The number of para-hydroxylation sites is 1. The molecule has 4 nitrogen and oxygen atoms in total. The molecule has 0 fully saturated rings. The zero-order valence-corrected chi connectivity index (χ0v) is 11.9. The van der Waals surface area contributed by atoms with Crippen LogP contribution in [0.4, 0.5) is 5.69 Å². The predicted molar refractivity (Wildman–Crippen MR) is 79.0 cm³/mol. The maximum absolute atomic E-state index is 12.4. The molecule has 0 aliphatic carbocycles. The molecule has 0 spiro atoms. The number of hydrogen-bond donors (Lipinski definition) is 1. The minimum Gasteiger partial charge on any atom is -0.496 e. The number of benzene rings is 2. The van der Waals surface area contributed by atoms with Gasteiger partial charge in [0, 0.05) is 0 Å². The van der Waals surface area contributed by atoms with Crippen molar-refractivity contribution in [2.24, 2.45) is 0 Å². The number of rotatable bonds is 4. The van der Waals surface area contributed by atoms with Gasteiger partial charge in [-0.15, -0.1) is 0 Å². The molecule has 5 heteroatoms. The van der Waals surface area contributed by atoms with Crippen molar-refractivity contribution in [1.82, 2.24) is 0 Å². The van der Waals surface area contributed by atoms with Crippen LogP contribution in [0.5, 0.6) is 11.5 Å². The van der Waals surface area contributed by atoms with Crippen LogP contribution < -0.4 is 14.8 Å². The van der Waals surface area contributed by atoms with Crippen LogP contribution in [-0.2, 0) is 0 Å². The summed E-state index contributed by atoms with van der Waals surface area (Å²) in [5, 5.41) is 3.21. The smallest absolute Gasteiger partial charge is 0.263 e. The lowest BCUT2D eigenvalue weighted by molar-refractivity contribution is 0.102. The minimum absolute atomic E-state index is 0.331. The van der Waals surface area contributed by atoms with E-state index in [1.54, 1.807) is 42.5 Å². The summed E-state index contributed by atoms with van der Waals surface area (Å²) in [5.74, 6) is 0.537. The van der Waals surface area contributed by atoms with Gasteiger partial charge in [0.05, 0.1) is 24.9 Å². The van der Waals surface area contributed by atoms with Gasteiger partial charge in [0.25, 0.3) is 5.91 Å². The quantitative estimate of drug-likeness (QED) is 0.936. The zero-order valence-electron chi connectivity index (χ0n) is 11.1. The van der Waals surface area contributed by atoms with Crippen molar-refractivity contribution in [2.45, 2.75) is 0 Å². The third-order valence-corrected chi connectivity index (χ3v) is 3.11. The van der Waals surface area contributed by atoms with Gasteiger partial charge in [-0.2, -0.15) is 0 Å². The van der Waals surface area contributed by atoms with Crippen LogP contribution >= 0.6 is 11.6 Å². The molecule has 0 unspecified atom stereocenters. The molecular weight excluding hydrogens is 278 g/mol. The largest absolute Gasteiger partial charge is 0.496 e. The van der Waals surface area contributed by atoms with Crippen molar-refractivity contribution in [1.29, 1.82) is 0 Å². The molecule has 0 saturated heterocycles. The fourth-order valence-corrected chi connectivity index (χ4v) is 2.01. The Labute approximate surface area is 122 Å². The van der Waals surface area contributed by atoms with Gasteiger partial charge in [-0.05, 0) is 24.3 Å². The van der Waals surface area contributed by atoms with Crippen LogP contribution in [0.25, 0.3) is 0 Å². The number of carbonyl (C=O) groups excluding carboxylic acids is 1. The molecule has 1 N–H and O–H groups in total.